The van der Waals surface area contributed by atoms with Crippen LogP contribution in [0.2, 0.25) is 0 Å². The normalized spacial score (nSPS) is 14.9. The van der Waals surface area contributed by atoms with Crippen LogP contribution >= 0.6 is 11.8 Å². The Morgan fingerprint density at radius 2 is 1.72 bits per heavy atom. The summed E-state index contributed by atoms with van der Waals surface area (Å²) in [6.45, 7) is 0. The molecule has 0 atom stereocenters. The van der Waals surface area contributed by atoms with Crippen molar-refractivity contribution in [3.05, 3.63) is 12.1 Å². The first-order valence-electron chi connectivity index (χ1n) is 9.70. The number of ether oxygens (including phenoxy) is 3. The molecule has 1 aliphatic carbocycles. The first-order chi connectivity index (χ1) is 14.1. The van der Waals surface area contributed by atoms with Gasteiger partial charge >= 0.3 is 0 Å². The van der Waals surface area contributed by atoms with Gasteiger partial charge in [0.2, 0.25) is 17.5 Å². The Kier molecular flexibility index (Phi) is 7.62. The van der Waals surface area contributed by atoms with Gasteiger partial charge in [-0.1, -0.05) is 37.4 Å². The summed E-state index contributed by atoms with van der Waals surface area (Å²) in [5, 5.41) is 11.6. The number of nitrogens with zero attached hydrogens (tertiary/aromatic N) is 2. The number of benzene rings is 1. The van der Waals surface area contributed by atoms with Gasteiger partial charge in [-0.3, -0.25) is 4.79 Å². The van der Waals surface area contributed by atoms with Crippen molar-refractivity contribution < 1.29 is 23.4 Å². The van der Waals surface area contributed by atoms with E-state index in [9.17, 15) is 4.79 Å². The minimum absolute atomic E-state index is 0.00515. The van der Waals surface area contributed by atoms with Crippen molar-refractivity contribution in [2.24, 2.45) is 0 Å². The van der Waals surface area contributed by atoms with Crippen LogP contribution in [0.25, 0.3) is 11.5 Å². The van der Waals surface area contributed by atoms with Gasteiger partial charge in [0.25, 0.3) is 5.22 Å². The van der Waals surface area contributed by atoms with E-state index in [1.807, 2.05) is 0 Å². The molecule has 1 amide bonds. The second-order valence-corrected chi connectivity index (χ2v) is 7.76. The predicted octanol–water partition coefficient (Wildman–Crippen LogP) is 3.69. The molecule has 1 aromatic carbocycles. The van der Waals surface area contributed by atoms with E-state index in [2.05, 4.69) is 15.5 Å². The minimum Gasteiger partial charge on any atom is -0.493 e. The van der Waals surface area contributed by atoms with Gasteiger partial charge in [0.05, 0.1) is 27.1 Å². The van der Waals surface area contributed by atoms with E-state index < -0.39 is 0 Å². The fourth-order valence-electron chi connectivity index (χ4n) is 3.41. The Hall–Kier alpha value is -2.42. The Morgan fingerprint density at radius 3 is 2.31 bits per heavy atom. The quantitative estimate of drug-likeness (QED) is 0.509. The van der Waals surface area contributed by atoms with E-state index in [1.165, 1.54) is 37.4 Å². The van der Waals surface area contributed by atoms with Gasteiger partial charge in [-0.2, -0.15) is 0 Å². The summed E-state index contributed by atoms with van der Waals surface area (Å²) in [7, 11) is 4.63. The zero-order valence-corrected chi connectivity index (χ0v) is 17.8. The summed E-state index contributed by atoms with van der Waals surface area (Å²) in [5.41, 5.74) is 0.641. The molecule has 1 aliphatic rings. The van der Waals surface area contributed by atoms with Gasteiger partial charge < -0.3 is 23.9 Å². The Morgan fingerprint density at radius 1 is 1.07 bits per heavy atom. The minimum atomic E-state index is -0.00515. The highest BCUT2D eigenvalue weighted by molar-refractivity contribution is 7.99. The molecule has 1 aromatic heterocycles. The maximum absolute atomic E-state index is 12.2. The Balaban J connectivity index is 1.62. The lowest BCUT2D eigenvalue weighted by Gasteiger charge is -2.15. The average Bonchev–Trinajstić information content (AvgIpc) is 3.08. The molecule has 0 radical (unpaired) electrons. The van der Waals surface area contributed by atoms with Gasteiger partial charge in [0.15, 0.2) is 11.5 Å². The van der Waals surface area contributed by atoms with Gasteiger partial charge in [-0.25, -0.2) is 0 Å². The molecule has 0 unspecified atom stereocenters. The van der Waals surface area contributed by atoms with Crippen molar-refractivity contribution in [1.82, 2.24) is 15.5 Å². The fourth-order valence-corrected chi connectivity index (χ4v) is 3.98. The molecular weight excluding hydrogens is 394 g/mol. The molecular formula is C20H27N3O5S. The van der Waals surface area contributed by atoms with E-state index in [0.717, 1.165) is 12.8 Å². The van der Waals surface area contributed by atoms with Gasteiger partial charge in [-0.15, -0.1) is 10.2 Å². The van der Waals surface area contributed by atoms with Gasteiger partial charge in [0, 0.05) is 11.6 Å². The smallest absolute Gasteiger partial charge is 0.277 e. The SMILES string of the molecule is COc1cc(-c2nnc(SCC(=O)NC3CCCCCC3)o2)cc(OC)c1OC. The van der Waals surface area contributed by atoms with E-state index in [0.29, 0.717) is 33.9 Å². The Labute approximate surface area is 174 Å². The fraction of sp³-hybridized carbons (Fsp3) is 0.550. The van der Waals surface area contributed by atoms with Crippen molar-refractivity contribution in [2.45, 2.75) is 49.8 Å². The third kappa shape index (κ3) is 5.56. The third-order valence-electron chi connectivity index (χ3n) is 4.87. The van der Waals surface area contributed by atoms with Crippen molar-refractivity contribution in [1.29, 1.82) is 0 Å². The average molecular weight is 422 g/mol. The summed E-state index contributed by atoms with van der Waals surface area (Å²) >= 11 is 1.23. The number of carbonyl (C=O) groups excluding carboxylic acids is 1. The molecule has 0 spiro atoms. The highest BCUT2D eigenvalue weighted by Gasteiger charge is 2.19. The van der Waals surface area contributed by atoms with Crippen molar-refractivity contribution >= 4 is 17.7 Å². The number of rotatable bonds is 8. The predicted molar refractivity (Wildman–Crippen MR) is 110 cm³/mol. The number of thioether (sulfide) groups is 1. The molecule has 3 rings (SSSR count). The maximum Gasteiger partial charge on any atom is 0.277 e. The number of hydrogen-bond acceptors (Lipinski definition) is 8. The third-order valence-corrected chi connectivity index (χ3v) is 5.68. The van der Waals surface area contributed by atoms with Gasteiger partial charge in [0.1, 0.15) is 0 Å². The lowest BCUT2D eigenvalue weighted by Crippen LogP contribution is -2.35. The van der Waals surface area contributed by atoms with Crippen LogP contribution in [-0.2, 0) is 4.79 Å². The number of nitrogens with one attached hydrogen (secondary N) is 1. The molecule has 9 heteroatoms. The largest absolute Gasteiger partial charge is 0.493 e. The van der Waals surface area contributed by atoms with E-state index >= 15 is 0 Å². The number of amides is 1. The first-order valence-corrected chi connectivity index (χ1v) is 10.7. The lowest BCUT2D eigenvalue weighted by molar-refractivity contribution is -0.119. The molecule has 8 nitrogen and oxygen atoms in total. The molecule has 1 saturated carbocycles. The molecule has 0 saturated heterocycles. The lowest BCUT2D eigenvalue weighted by atomic mass is 10.1. The number of carbonyl (C=O) groups is 1. The van der Waals surface area contributed by atoms with Crippen molar-refractivity contribution in [3.8, 4) is 28.7 Å². The zero-order chi connectivity index (χ0) is 20.6. The monoisotopic (exact) mass is 421 g/mol. The molecule has 2 aromatic rings. The highest BCUT2D eigenvalue weighted by Crippen LogP contribution is 2.41. The summed E-state index contributed by atoms with van der Waals surface area (Å²) in [5.74, 6) is 2.04. The molecule has 29 heavy (non-hydrogen) atoms. The highest BCUT2D eigenvalue weighted by atomic mass is 32.2. The van der Waals surface area contributed by atoms with Crippen LogP contribution in [0.5, 0.6) is 17.2 Å². The molecule has 0 aliphatic heterocycles. The van der Waals surface area contributed by atoms with E-state index in [4.69, 9.17) is 18.6 Å². The van der Waals surface area contributed by atoms with Crippen LogP contribution in [0.1, 0.15) is 38.5 Å². The van der Waals surface area contributed by atoms with Crippen LogP contribution in [0, 0.1) is 0 Å². The number of aromatic nitrogens is 2. The summed E-state index contributed by atoms with van der Waals surface area (Å²) in [4.78, 5) is 12.2. The molecule has 1 fully saturated rings. The van der Waals surface area contributed by atoms with Gasteiger partial charge in [-0.05, 0) is 25.0 Å². The number of methoxy groups -OCH3 is 3. The van der Waals surface area contributed by atoms with Crippen LogP contribution in [0.3, 0.4) is 0 Å². The summed E-state index contributed by atoms with van der Waals surface area (Å²) < 4.78 is 21.7. The van der Waals surface area contributed by atoms with Crippen LogP contribution in [0.15, 0.2) is 21.8 Å². The standard InChI is InChI=1S/C20H27N3O5S/c1-25-15-10-13(11-16(26-2)18(15)27-3)19-22-23-20(28-19)29-12-17(24)21-14-8-6-4-5-7-9-14/h10-11,14H,4-9,12H2,1-3H3,(H,21,24). The first kappa shape index (κ1) is 21.3. The second-order valence-electron chi connectivity index (χ2n) is 6.83. The van der Waals surface area contributed by atoms with Crippen molar-refractivity contribution in [3.63, 3.8) is 0 Å². The Bertz CT molecular complexity index is 793. The van der Waals surface area contributed by atoms with Crippen LogP contribution in [0.4, 0.5) is 0 Å². The van der Waals surface area contributed by atoms with Crippen LogP contribution < -0.4 is 19.5 Å². The molecule has 0 bridgehead atoms. The summed E-state index contributed by atoms with van der Waals surface area (Å²) in [6.07, 6.45) is 6.99. The second kappa shape index (κ2) is 10.4. The van der Waals surface area contributed by atoms with E-state index in [-0.39, 0.29) is 17.7 Å². The maximum atomic E-state index is 12.2. The summed E-state index contributed by atoms with van der Waals surface area (Å²) in [6, 6.07) is 3.76. The van der Waals surface area contributed by atoms with Crippen molar-refractivity contribution in [2.75, 3.05) is 27.1 Å². The zero-order valence-electron chi connectivity index (χ0n) is 17.0. The molecule has 1 N–H and O–H groups in total. The molecule has 1 heterocycles. The number of hydrogen-bond donors (Lipinski definition) is 1. The van der Waals surface area contributed by atoms with Crippen LogP contribution in [-0.4, -0.2) is 49.2 Å². The molecule has 158 valence electrons. The topological polar surface area (TPSA) is 95.7 Å². The van der Waals surface area contributed by atoms with E-state index in [1.54, 1.807) is 33.5 Å².